The van der Waals surface area contributed by atoms with Gasteiger partial charge in [-0.3, -0.25) is 4.90 Å². The van der Waals surface area contributed by atoms with E-state index < -0.39 is 0 Å². The summed E-state index contributed by atoms with van der Waals surface area (Å²) in [5.74, 6) is 0.959. The largest absolute Gasteiger partial charge is 0.329 e. The number of rotatable bonds is 5. The van der Waals surface area contributed by atoms with Crippen LogP contribution in [0.4, 0.5) is 0 Å². The van der Waals surface area contributed by atoms with Crippen molar-refractivity contribution in [3.63, 3.8) is 0 Å². The average molecular weight is 349 g/mol. The highest BCUT2D eigenvalue weighted by molar-refractivity contribution is 9.10. The number of hydrogen-bond acceptors (Lipinski definition) is 2. The summed E-state index contributed by atoms with van der Waals surface area (Å²) in [6, 6.07) is 7.63. The van der Waals surface area contributed by atoms with Crippen molar-refractivity contribution in [1.82, 2.24) is 4.90 Å². The minimum atomic E-state index is 0.227. The molecule has 0 radical (unpaired) electrons. The van der Waals surface area contributed by atoms with Crippen LogP contribution in [0.1, 0.15) is 43.2 Å². The van der Waals surface area contributed by atoms with Crippen LogP contribution in [-0.4, -0.2) is 29.6 Å². The Kier molecular flexibility index (Phi) is 3.63. The van der Waals surface area contributed by atoms with E-state index in [0.717, 1.165) is 24.9 Å². The Morgan fingerprint density at radius 3 is 2.67 bits per heavy atom. The second-order valence-corrected chi connectivity index (χ2v) is 8.26. The topological polar surface area (TPSA) is 29.3 Å². The number of halogens is 1. The molecule has 0 saturated heterocycles. The maximum atomic E-state index is 6.34. The number of benzene rings is 1. The van der Waals surface area contributed by atoms with Gasteiger partial charge < -0.3 is 5.73 Å². The van der Waals surface area contributed by atoms with Gasteiger partial charge in [0.25, 0.3) is 0 Å². The molecular formula is C18H25BrN2. The maximum Gasteiger partial charge on any atom is 0.0378 e. The molecule has 21 heavy (non-hydrogen) atoms. The Morgan fingerprint density at radius 2 is 2.00 bits per heavy atom. The lowest BCUT2D eigenvalue weighted by Gasteiger charge is -2.47. The Hall–Kier alpha value is -0.380. The summed E-state index contributed by atoms with van der Waals surface area (Å²) in [5.41, 5.74) is 9.61. The molecule has 1 aromatic carbocycles. The third-order valence-corrected chi connectivity index (χ3v) is 6.17. The average Bonchev–Trinajstić information content (AvgIpc) is 3.37. The number of nitrogens with zero attached hydrogens (tertiary/aromatic N) is 1. The van der Waals surface area contributed by atoms with Crippen molar-refractivity contribution in [2.45, 2.75) is 56.5 Å². The van der Waals surface area contributed by atoms with Gasteiger partial charge in [-0.25, -0.2) is 0 Å². The van der Waals surface area contributed by atoms with Crippen LogP contribution in [0.15, 0.2) is 22.7 Å². The van der Waals surface area contributed by atoms with E-state index in [2.05, 4.69) is 39.0 Å². The zero-order chi connectivity index (χ0) is 14.4. The Labute approximate surface area is 136 Å². The van der Waals surface area contributed by atoms with Gasteiger partial charge in [0, 0.05) is 29.1 Å². The highest BCUT2D eigenvalue weighted by Crippen LogP contribution is 2.43. The van der Waals surface area contributed by atoms with Crippen LogP contribution in [0, 0.1) is 5.92 Å². The molecule has 114 valence electrons. The zero-order valence-corrected chi connectivity index (χ0v) is 14.2. The fourth-order valence-electron chi connectivity index (χ4n) is 4.04. The lowest BCUT2D eigenvalue weighted by molar-refractivity contribution is 0.0654. The molecular weight excluding hydrogens is 324 g/mol. The van der Waals surface area contributed by atoms with Crippen LogP contribution < -0.4 is 5.73 Å². The molecule has 2 saturated carbocycles. The van der Waals surface area contributed by atoms with Crippen molar-refractivity contribution in [3.8, 4) is 0 Å². The lowest BCUT2D eigenvalue weighted by atomic mass is 9.76. The minimum Gasteiger partial charge on any atom is -0.329 e. The molecule has 1 atom stereocenters. The molecule has 0 heterocycles. The minimum absolute atomic E-state index is 0.227. The third-order valence-electron chi connectivity index (χ3n) is 5.68. The van der Waals surface area contributed by atoms with Crippen molar-refractivity contribution in [2.75, 3.05) is 13.1 Å². The Balaban J connectivity index is 1.62. The molecule has 2 fully saturated rings. The first-order chi connectivity index (χ1) is 10.2. The third kappa shape index (κ3) is 2.80. The van der Waals surface area contributed by atoms with E-state index in [1.54, 1.807) is 0 Å². The van der Waals surface area contributed by atoms with E-state index >= 15 is 0 Å². The van der Waals surface area contributed by atoms with Gasteiger partial charge >= 0.3 is 0 Å². The van der Waals surface area contributed by atoms with Crippen LogP contribution in [0.25, 0.3) is 0 Å². The van der Waals surface area contributed by atoms with Crippen molar-refractivity contribution in [3.05, 3.63) is 33.8 Å². The van der Waals surface area contributed by atoms with Crippen molar-refractivity contribution < 1.29 is 0 Å². The summed E-state index contributed by atoms with van der Waals surface area (Å²) in [7, 11) is 0. The van der Waals surface area contributed by atoms with E-state index in [1.165, 1.54) is 60.7 Å². The summed E-state index contributed by atoms with van der Waals surface area (Å²) in [5, 5.41) is 0. The summed E-state index contributed by atoms with van der Waals surface area (Å²) in [4.78, 5) is 2.83. The van der Waals surface area contributed by atoms with Gasteiger partial charge in [-0.1, -0.05) is 22.0 Å². The second kappa shape index (κ2) is 5.36. The monoisotopic (exact) mass is 348 g/mol. The normalized spacial score (nSPS) is 28.7. The number of hydrogen-bond donors (Lipinski definition) is 1. The molecule has 0 aliphatic heterocycles. The van der Waals surface area contributed by atoms with E-state index in [0.29, 0.717) is 0 Å². The molecule has 0 bridgehead atoms. The van der Waals surface area contributed by atoms with Crippen LogP contribution in [0.3, 0.4) is 0 Å². The van der Waals surface area contributed by atoms with Gasteiger partial charge in [-0.15, -0.1) is 0 Å². The van der Waals surface area contributed by atoms with Gasteiger partial charge in [-0.05, 0) is 74.1 Å². The highest BCUT2D eigenvalue weighted by atomic mass is 79.9. The fraction of sp³-hybridized carbons (Fsp3) is 0.667. The first kappa shape index (κ1) is 14.2. The van der Waals surface area contributed by atoms with E-state index in [4.69, 9.17) is 5.73 Å². The smallest absolute Gasteiger partial charge is 0.0378 e. The van der Waals surface area contributed by atoms with Crippen molar-refractivity contribution >= 4 is 15.9 Å². The molecule has 3 aliphatic carbocycles. The van der Waals surface area contributed by atoms with Crippen LogP contribution in [0.2, 0.25) is 0 Å². The van der Waals surface area contributed by atoms with Crippen molar-refractivity contribution in [1.29, 1.82) is 0 Å². The molecule has 3 aliphatic rings. The first-order valence-corrected chi connectivity index (χ1v) is 9.24. The predicted molar refractivity (Wildman–Crippen MR) is 90.4 cm³/mol. The standard InChI is InChI=1S/C18H25BrN2/c19-16-4-3-15-10-18(12-20,8-7-14(15)9-16)21(17-5-6-17)11-13-1-2-13/h3-4,9,13,17H,1-2,5-8,10-12,20H2. The van der Waals surface area contributed by atoms with Crippen LogP contribution in [0.5, 0.6) is 0 Å². The molecule has 1 aromatic rings. The first-order valence-electron chi connectivity index (χ1n) is 8.44. The number of nitrogens with two attached hydrogens (primary N) is 1. The van der Waals surface area contributed by atoms with Crippen LogP contribution >= 0.6 is 15.9 Å². The lowest BCUT2D eigenvalue weighted by Crippen LogP contribution is -2.58. The molecule has 0 spiro atoms. The number of fused-ring (bicyclic) bond motifs is 1. The molecule has 0 amide bonds. The second-order valence-electron chi connectivity index (χ2n) is 7.35. The predicted octanol–water partition coefficient (Wildman–Crippen LogP) is 3.51. The molecule has 2 nitrogen and oxygen atoms in total. The molecule has 3 heteroatoms. The fourth-order valence-corrected chi connectivity index (χ4v) is 4.45. The molecule has 1 unspecified atom stereocenters. The van der Waals surface area contributed by atoms with Gasteiger partial charge in [0.15, 0.2) is 0 Å². The Bertz CT molecular complexity index is 536. The van der Waals surface area contributed by atoms with Gasteiger partial charge in [0.05, 0.1) is 0 Å². The summed E-state index contributed by atoms with van der Waals surface area (Å²) < 4.78 is 1.21. The van der Waals surface area contributed by atoms with Crippen molar-refractivity contribution in [2.24, 2.45) is 11.7 Å². The molecule has 2 N–H and O–H groups in total. The molecule has 0 aromatic heterocycles. The van der Waals surface area contributed by atoms with E-state index in [1.807, 2.05) is 0 Å². The van der Waals surface area contributed by atoms with Gasteiger partial charge in [-0.2, -0.15) is 0 Å². The summed E-state index contributed by atoms with van der Waals surface area (Å²) in [6.45, 7) is 2.11. The molecule has 4 rings (SSSR count). The van der Waals surface area contributed by atoms with Gasteiger partial charge in [0.1, 0.15) is 0 Å². The van der Waals surface area contributed by atoms with Crippen LogP contribution in [-0.2, 0) is 12.8 Å². The quantitative estimate of drug-likeness (QED) is 0.882. The number of aryl methyl sites for hydroxylation is 1. The SMILES string of the molecule is NCC1(N(CC2CC2)C2CC2)CCc2cc(Br)ccc2C1. The van der Waals surface area contributed by atoms with E-state index in [-0.39, 0.29) is 5.54 Å². The van der Waals surface area contributed by atoms with Gasteiger partial charge in [0.2, 0.25) is 0 Å². The Morgan fingerprint density at radius 1 is 1.19 bits per heavy atom. The maximum absolute atomic E-state index is 6.34. The highest BCUT2D eigenvalue weighted by Gasteiger charge is 2.46. The van der Waals surface area contributed by atoms with E-state index in [9.17, 15) is 0 Å². The summed E-state index contributed by atoms with van der Waals surface area (Å²) >= 11 is 3.60. The zero-order valence-electron chi connectivity index (χ0n) is 12.7. The summed E-state index contributed by atoms with van der Waals surface area (Å²) in [6.07, 6.45) is 9.22.